The number of aryl methyl sites for hydroxylation is 1. The molecule has 7 heteroatoms. The van der Waals surface area contributed by atoms with Gasteiger partial charge in [0.2, 0.25) is 0 Å². The maximum atomic E-state index is 12.7. The molecule has 1 aromatic carbocycles. The zero-order chi connectivity index (χ0) is 19.8. The fraction of sp³-hybridized carbons (Fsp3) is 0.364. The molecule has 0 unspecified atom stereocenters. The molecule has 150 valence electrons. The maximum absolute atomic E-state index is 12.7. The van der Waals surface area contributed by atoms with Crippen LogP contribution in [0.15, 0.2) is 53.4 Å². The van der Waals surface area contributed by atoms with Crippen LogP contribution in [0.4, 0.5) is 0 Å². The van der Waals surface area contributed by atoms with Crippen molar-refractivity contribution >= 4 is 16.7 Å². The van der Waals surface area contributed by atoms with Gasteiger partial charge in [0.1, 0.15) is 24.1 Å². The summed E-state index contributed by atoms with van der Waals surface area (Å²) in [6.45, 7) is 3.64. The van der Waals surface area contributed by atoms with Crippen molar-refractivity contribution in [3.63, 3.8) is 0 Å². The lowest BCUT2D eigenvalue weighted by atomic mass is 10.1. The van der Waals surface area contributed by atoms with Crippen molar-refractivity contribution in [2.24, 2.45) is 0 Å². The highest BCUT2D eigenvalue weighted by Crippen LogP contribution is 2.28. The quantitative estimate of drug-likeness (QED) is 0.680. The average Bonchev–Trinajstić information content (AvgIpc) is 3.31. The largest absolute Gasteiger partial charge is 0.485 e. The van der Waals surface area contributed by atoms with Crippen LogP contribution < -0.4 is 4.74 Å². The number of hydrogen-bond donors (Lipinski definition) is 0. The molecule has 2 aliphatic rings. The lowest BCUT2D eigenvalue weighted by Crippen LogP contribution is -2.33. The molecule has 0 bridgehead atoms. The molecule has 0 aliphatic carbocycles. The first-order chi connectivity index (χ1) is 14.2. The van der Waals surface area contributed by atoms with E-state index < -0.39 is 0 Å². The van der Waals surface area contributed by atoms with Crippen LogP contribution in [-0.4, -0.2) is 60.4 Å². The molecule has 2 aliphatic heterocycles. The number of amides is 1. The predicted octanol–water partition coefficient (Wildman–Crippen LogP) is 2.82. The Kier molecular flexibility index (Phi) is 4.69. The molecule has 0 saturated carbocycles. The van der Waals surface area contributed by atoms with Crippen molar-refractivity contribution in [1.82, 2.24) is 9.88 Å². The molecule has 29 heavy (non-hydrogen) atoms. The third-order valence-corrected chi connectivity index (χ3v) is 5.49. The second kappa shape index (κ2) is 7.50. The fourth-order valence-electron chi connectivity index (χ4n) is 3.92. The van der Waals surface area contributed by atoms with E-state index in [2.05, 4.69) is 4.98 Å². The van der Waals surface area contributed by atoms with Gasteiger partial charge in [0.05, 0.1) is 32.6 Å². The molecule has 2 saturated heterocycles. The summed E-state index contributed by atoms with van der Waals surface area (Å²) in [5.41, 5.74) is 0.836. The molecular formula is C22H22N2O5. The molecule has 2 atom stereocenters. The minimum Gasteiger partial charge on any atom is -0.485 e. The van der Waals surface area contributed by atoms with Crippen LogP contribution in [0.25, 0.3) is 10.8 Å². The minimum absolute atomic E-state index is 0.120. The molecule has 7 nitrogen and oxygen atoms in total. The topological polar surface area (TPSA) is 74.0 Å². The molecule has 0 radical (unpaired) electrons. The molecule has 0 spiro atoms. The summed E-state index contributed by atoms with van der Waals surface area (Å²) < 4.78 is 23.7. The summed E-state index contributed by atoms with van der Waals surface area (Å²) in [4.78, 5) is 18.6. The van der Waals surface area contributed by atoms with Gasteiger partial charge in [0, 0.05) is 28.7 Å². The number of carbonyl (C=O) groups is 1. The van der Waals surface area contributed by atoms with Gasteiger partial charge in [-0.15, -0.1) is 0 Å². The summed E-state index contributed by atoms with van der Waals surface area (Å²) in [6, 6.07) is 9.64. The Morgan fingerprint density at radius 1 is 1.14 bits per heavy atom. The number of fused-ring (bicyclic) bond motifs is 2. The van der Waals surface area contributed by atoms with Gasteiger partial charge in [0.15, 0.2) is 5.76 Å². The van der Waals surface area contributed by atoms with Gasteiger partial charge in [-0.25, -0.2) is 0 Å². The summed E-state index contributed by atoms with van der Waals surface area (Å²) in [6.07, 6.45) is 4.56. The first-order valence-corrected chi connectivity index (χ1v) is 9.75. The van der Waals surface area contributed by atoms with Crippen LogP contribution in [0.1, 0.15) is 16.1 Å². The molecule has 1 amide bonds. The number of rotatable bonds is 3. The number of likely N-dealkylation sites (tertiary alicyclic amines) is 1. The zero-order valence-electron chi connectivity index (χ0n) is 16.1. The van der Waals surface area contributed by atoms with E-state index in [1.165, 1.54) is 6.26 Å². The lowest BCUT2D eigenvalue weighted by molar-refractivity contribution is -0.00461. The number of aromatic nitrogens is 1. The van der Waals surface area contributed by atoms with Crippen molar-refractivity contribution < 1.29 is 23.4 Å². The van der Waals surface area contributed by atoms with E-state index in [4.69, 9.17) is 18.6 Å². The van der Waals surface area contributed by atoms with E-state index in [0.717, 1.165) is 22.1 Å². The van der Waals surface area contributed by atoms with Crippen molar-refractivity contribution in [1.29, 1.82) is 0 Å². The number of benzene rings is 1. The first kappa shape index (κ1) is 18.1. The monoisotopic (exact) mass is 394 g/mol. The third kappa shape index (κ3) is 3.47. The smallest absolute Gasteiger partial charge is 0.290 e. The molecule has 2 aromatic heterocycles. The second-order valence-corrected chi connectivity index (χ2v) is 7.48. The van der Waals surface area contributed by atoms with Crippen molar-refractivity contribution in [3.8, 4) is 5.75 Å². The van der Waals surface area contributed by atoms with Gasteiger partial charge < -0.3 is 23.5 Å². The van der Waals surface area contributed by atoms with Gasteiger partial charge in [-0.2, -0.15) is 0 Å². The van der Waals surface area contributed by atoms with Crippen LogP contribution in [-0.2, 0) is 9.47 Å². The Hall–Kier alpha value is -2.90. The van der Waals surface area contributed by atoms with Crippen LogP contribution in [0, 0.1) is 6.92 Å². The lowest BCUT2D eigenvalue weighted by Gasteiger charge is -2.20. The van der Waals surface area contributed by atoms with E-state index in [1.54, 1.807) is 17.2 Å². The van der Waals surface area contributed by atoms with Gasteiger partial charge >= 0.3 is 0 Å². The summed E-state index contributed by atoms with van der Waals surface area (Å²) in [7, 11) is 0. The normalized spacial score (nSPS) is 22.4. The Labute approximate surface area is 168 Å². The number of carbonyl (C=O) groups excluding carboxylic acids is 1. The zero-order valence-corrected chi connectivity index (χ0v) is 16.1. The summed E-state index contributed by atoms with van der Waals surface area (Å²) >= 11 is 0. The number of hydrogen-bond acceptors (Lipinski definition) is 6. The number of nitrogens with zero attached hydrogens (tertiary/aromatic N) is 2. The molecule has 3 aromatic rings. The highest BCUT2D eigenvalue weighted by Gasteiger charge is 2.40. The first-order valence-electron chi connectivity index (χ1n) is 9.75. The van der Waals surface area contributed by atoms with E-state index in [0.29, 0.717) is 32.1 Å². The van der Waals surface area contributed by atoms with E-state index in [1.807, 2.05) is 37.4 Å². The Bertz CT molecular complexity index is 1010. The van der Waals surface area contributed by atoms with Gasteiger partial charge in [-0.05, 0) is 25.1 Å². The fourth-order valence-corrected chi connectivity index (χ4v) is 3.92. The number of ether oxygens (including phenoxy) is 3. The van der Waals surface area contributed by atoms with Crippen molar-refractivity contribution in [3.05, 3.63) is 60.3 Å². The molecular weight excluding hydrogens is 372 g/mol. The van der Waals surface area contributed by atoms with Crippen LogP contribution in [0.3, 0.4) is 0 Å². The molecule has 5 rings (SSSR count). The Balaban J connectivity index is 1.24. The molecule has 2 fully saturated rings. The van der Waals surface area contributed by atoms with E-state index >= 15 is 0 Å². The van der Waals surface area contributed by atoms with Crippen molar-refractivity contribution in [2.75, 3.05) is 26.3 Å². The highest BCUT2D eigenvalue weighted by atomic mass is 16.6. The minimum atomic E-state index is -0.212. The van der Waals surface area contributed by atoms with Crippen LogP contribution in [0.2, 0.25) is 0 Å². The van der Waals surface area contributed by atoms with Gasteiger partial charge in [-0.3, -0.25) is 9.78 Å². The standard InChI is InChI=1S/C22H22N2O5/c1-14-6-8-26-21(14)22(25)24-10-19-20(11-24)28-13-16(12-27-19)29-18-4-2-3-15-9-23-7-5-17(15)18/h2-9,16,19-20H,10-13H2,1H3/t19-,20-/m0/s1. The SMILES string of the molecule is Cc1ccoc1C(=O)N1C[C@@H]2OCC(Oc3cccc4cnccc34)CO[C@H]2C1. The van der Waals surface area contributed by atoms with Gasteiger partial charge in [0.25, 0.3) is 5.91 Å². The van der Waals surface area contributed by atoms with Crippen molar-refractivity contribution in [2.45, 2.75) is 25.2 Å². The molecule has 4 heterocycles. The van der Waals surface area contributed by atoms with E-state index in [-0.39, 0.29) is 24.2 Å². The highest BCUT2D eigenvalue weighted by molar-refractivity contribution is 5.93. The van der Waals surface area contributed by atoms with Crippen LogP contribution >= 0.6 is 0 Å². The third-order valence-electron chi connectivity index (χ3n) is 5.49. The summed E-state index contributed by atoms with van der Waals surface area (Å²) in [5.74, 6) is 1.05. The van der Waals surface area contributed by atoms with E-state index in [9.17, 15) is 4.79 Å². The van der Waals surface area contributed by atoms with Crippen LogP contribution in [0.5, 0.6) is 5.75 Å². The van der Waals surface area contributed by atoms with Gasteiger partial charge in [-0.1, -0.05) is 12.1 Å². The molecule has 0 N–H and O–H groups in total. The second-order valence-electron chi connectivity index (χ2n) is 7.48. The Morgan fingerprint density at radius 2 is 1.93 bits per heavy atom. The Morgan fingerprint density at radius 3 is 2.66 bits per heavy atom. The predicted molar refractivity (Wildman–Crippen MR) is 105 cm³/mol. The number of pyridine rings is 1. The summed E-state index contributed by atoms with van der Waals surface area (Å²) in [5, 5.41) is 2.04. The number of furan rings is 1. The average molecular weight is 394 g/mol. The maximum Gasteiger partial charge on any atom is 0.290 e.